The summed E-state index contributed by atoms with van der Waals surface area (Å²) in [5.41, 5.74) is 0.950. The minimum Gasteiger partial charge on any atom is -0.481 e. The summed E-state index contributed by atoms with van der Waals surface area (Å²) in [6, 6.07) is 9.42. The quantitative estimate of drug-likeness (QED) is 0.687. The van der Waals surface area contributed by atoms with Crippen molar-refractivity contribution in [2.75, 3.05) is 20.3 Å². The Hall–Kier alpha value is -1.43. The maximum Gasteiger partial charge on any atom is 0.306 e. The first-order valence-electron chi connectivity index (χ1n) is 7.08. The van der Waals surface area contributed by atoms with Crippen LogP contribution in [0.4, 0.5) is 0 Å². The molecular formula is C16H24O5. The molecule has 0 spiro atoms. The number of carbonyl (C=O) groups is 1. The van der Waals surface area contributed by atoms with E-state index in [1.807, 2.05) is 37.3 Å². The molecule has 2 N–H and O–H groups in total. The second-order valence-electron chi connectivity index (χ2n) is 5.21. The highest BCUT2D eigenvalue weighted by Gasteiger charge is 2.22. The van der Waals surface area contributed by atoms with Gasteiger partial charge in [0.05, 0.1) is 31.3 Å². The van der Waals surface area contributed by atoms with Crippen molar-refractivity contribution in [3.63, 3.8) is 0 Å². The van der Waals surface area contributed by atoms with Crippen LogP contribution in [0.2, 0.25) is 0 Å². The molecule has 0 bridgehead atoms. The Kier molecular flexibility index (Phi) is 7.97. The third-order valence-electron chi connectivity index (χ3n) is 3.21. The highest BCUT2D eigenvalue weighted by Crippen LogP contribution is 2.15. The SMILES string of the molecule is COCC(C)OCC(O)CC(Cc1ccccc1)C(=O)O. The molecule has 0 saturated carbocycles. The van der Waals surface area contributed by atoms with Gasteiger partial charge in [-0.3, -0.25) is 4.79 Å². The van der Waals surface area contributed by atoms with Crippen LogP contribution < -0.4 is 0 Å². The molecule has 0 aliphatic rings. The van der Waals surface area contributed by atoms with E-state index in [9.17, 15) is 15.0 Å². The average molecular weight is 296 g/mol. The second-order valence-corrected chi connectivity index (χ2v) is 5.21. The third kappa shape index (κ3) is 7.22. The summed E-state index contributed by atoms with van der Waals surface area (Å²) in [5, 5.41) is 19.2. The van der Waals surface area contributed by atoms with E-state index in [-0.39, 0.29) is 19.1 Å². The Balaban J connectivity index is 2.45. The van der Waals surface area contributed by atoms with Gasteiger partial charge in [-0.1, -0.05) is 30.3 Å². The van der Waals surface area contributed by atoms with Crippen LogP contribution in [-0.2, 0) is 20.7 Å². The lowest BCUT2D eigenvalue weighted by atomic mass is 9.94. The number of rotatable bonds is 10. The molecule has 3 unspecified atom stereocenters. The molecule has 0 radical (unpaired) electrons. The van der Waals surface area contributed by atoms with Gasteiger partial charge in [0.25, 0.3) is 0 Å². The number of aliphatic hydroxyl groups is 1. The molecule has 0 aliphatic heterocycles. The number of aliphatic carboxylic acids is 1. The van der Waals surface area contributed by atoms with E-state index < -0.39 is 18.0 Å². The van der Waals surface area contributed by atoms with Crippen molar-refractivity contribution >= 4 is 5.97 Å². The zero-order chi connectivity index (χ0) is 15.7. The summed E-state index contributed by atoms with van der Waals surface area (Å²) >= 11 is 0. The Morgan fingerprint density at radius 3 is 2.48 bits per heavy atom. The second kappa shape index (κ2) is 9.50. The van der Waals surface area contributed by atoms with Gasteiger partial charge in [-0.15, -0.1) is 0 Å². The van der Waals surface area contributed by atoms with E-state index in [1.165, 1.54) is 0 Å². The highest BCUT2D eigenvalue weighted by molar-refractivity contribution is 5.70. The number of benzene rings is 1. The van der Waals surface area contributed by atoms with Gasteiger partial charge < -0.3 is 19.7 Å². The van der Waals surface area contributed by atoms with Crippen LogP contribution >= 0.6 is 0 Å². The zero-order valence-electron chi connectivity index (χ0n) is 12.6. The molecule has 0 aromatic heterocycles. The third-order valence-corrected chi connectivity index (χ3v) is 3.21. The van der Waals surface area contributed by atoms with Crippen LogP contribution in [0.15, 0.2) is 30.3 Å². The van der Waals surface area contributed by atoms with E-state index in [1.54, 1.807) is 7.11 Å². The molecule has 21 heavy (non-hydrogen) atoms. The predicted molar refractivity (Wildman–Crippen MR) is 79.2 cm³/mol. The smallest absolute Gasteiger partial charge is 0.306 e. The summed E-state index contributed by atoms with van der Waals surface area (Å²) in [6.45, 7) is 2.40. The topological polar surface area (TPSA) is 76.0 Å². The van der Waals surface area contributed by atoms with Gasteiger partial charge in [-0.2, -0.15) is 0 Å². The largest absolute Gasteiger partial charge is 0.481 e. The normalized spacial score (nSPS) is 15.4. The number of hydrogen-bond donors (Lipinski definition) is 2. The van der Waals surface area contributed by atoms with E-state index in [2.05, 4.69) is 0 Å². The maximum absolute atomic E-state index is 11.3. The van der Waals surface area contributed by atoms with Gasteiger partial charge in [0, 0.05) is 7.11 Å². The van der Waals surface area contributed by atoms with Crippen LogP contribution in [0.1, 0.15) is 18.9 Å². The molecule has 0 heterocycles. The maximum atomic E-state index is 11.3. The highest BCUT2D eigenvalue weighted by atomic mass is 16.5. The van der Waals surface area contributed by atoms with Crippen molar-refractivity contribution in [1.29, 1.82) is 0 Å². The summed E-state index contributed by atoms with van der Waals surface area (Å²) in [6.07, 6.45) is -0.346. The average Bonchev–Trinajstić information content (AvgIpc) is 2.46. The Bertz CT molecular complexity index is 406. The van der Waals surface area contributed by atoms with Crippen LogP contribution in [0.3, 0.4) is 0 Å². The zero-order valence-corrected chi connectivity index (χ0v) is 12.6. The summed E-state index contributed by atoms with van der Waals surface area (Å²) < 4.78 is 10.3. The molecule has 0 aliphatic carbocycles. The minimum absolute atomic E-state index is 0.114. The first-order valence-corrected chi connectivity index (χ1v) is 7.08. The molecule has 118 valence electrons. The van der Waals surface area contributed by atoms with Crippen molar-refractivity contribution in [1.82, 2.24) is 0 Å². The van der Waals surface area contributed by atoms with E-state index in [0.717, 1.165) is 5.56 Å². The van der Waals surface area contributed by atoms with Crippen molar-refractivity contribution in [2.24, 2.45) is 5.92 Å². The van der Waals surface area contributed by atoms with Crippen LogP contribution in [0.25, 0.3) is 0 Å². The number of methoxy groups -OCH3 is 1. The van der Waals surface area contributed by atoms with Gasteiger partial charge in [0.2, 0.25) is 0 Å². The molecule has 3 atom stereocenters. The Labute approximate surface area is 125 Å². The van der Waals surface area contributed by atoms with Crippen LogP contribution in [0, 0.1) is 5.92 Å². The first kappa shape index (κ1) is 17.6. The lowest BCUT2D eigenvalue weighted by molar-refractivity contribution is -0.143. The van der Waals surface area contributed by atoms with Gasteiger partial charge in [-0.05, 0) is 25.3 Å². The van der Waals surface area contributed by atoms with E-state index in [0.29, 0.717) is 13.0 Å². The van der Waals surface area contributed by atoms with Crippen molar-refractivity contribution in [2.45, 2.75) is 32.0 Å². The minimum atomic E-state index is -0.900. The van der Waals surface area contributed by atoms with Gasteiger partial charge in [0.15, 0.2) is 0 Å². The molecule has 0 amide bonds. The number of ether oxygens (including phenoxy) is 2. The number of aliphatic hydroxyl groups excluding tert-OH is 1. The fraction of sp³-hybridized carbons (Fsp3) is 0.562. The standard InChI is InChI=1S/C16H24O5/c1-12(10-20-2)21-11-15(17)9-14(16(18)19)8-13-6-4-3-5-7-13/h3-7,12,14-15,17H,8-11H2,1-2H3,(H,18,19). The first-order chi connectivity index (χ1) is 10.0. The molecule has 1 aromatic rings. The fourth-order valence-corrected chi connectivity index (χ4v) is 2.12. The van der Waals surface area contributed by atoms with Gasteiger partial charge in [-0.25, -0.2) is 0 Å². The van der Waals surface area contributed by atoms with Crippen molar-refractivity contribution in [3.05, 3.63) is 35.9 Å². The van der Waals surface area contributed by atoms with Crippen LogP contribution in [-0.4, -0.2) is 48.7 Å². The van der Waals surface area contributed by atoms with Crippen molar-refractivity contribution in [3.8, 4) is 0 Å². The van der Waals surface area contributed by atoms with E-state index >= 15 is 0 Å². The molecule has 1 aromatic carbocycles. The lowest BCUT2D eigenvalue weighted by Crippen LogP contribution is -2.28. The number of carboxylic acids is 1. The summed E-state index contributed by atoms with van der Waals surface area (Å²) in [4.78, 5) is 11.3. The summed E-state index contributed by atoms with van der Waals surface area (Å²) in [7, 11) is 1.58. The van der Waals surface area contributed by atoms with Gasteiger partial charge >= 0.3 is 5.97 Å². The van der Waals surface area contributed by atoms with E-state index in [4.69, 9.17) is 9.47 Å². The monoisotopic (exact) mass is 296 g/mol. The Morgan fingerprint density at radius 1 is 1.24 bits per heavy atom. The molecule has 0 fully saturated rings. The van der Waals surface area contributed by atoms with Crippen molar-refractivity contribution < 1.29 is 24.5 Å². The Morgan fingerprint density at radius 2 is 1.90 bits per heavy atom. The summed E-state index contributed by atoms with van der Waals surface area (Å²) in [5.74, 6) is -1.52. The number of carboxylic acid groups (broad SMARTS) is 1. The molecular weight excluding hydrogens is 272 g/mol. The predicted octanol–water partition coefficient (Wildman–Crippen LogP) is 1.73. The molecule has 0 saturated heterocycles. The molecule has 1 rings (SSSR count). The number of hydrogen-bond acceptors (Lipinski definition) is 4. The van der Waals surface area contributed by atoms with Gasteiger partial charge in [0.1, 0.15) is 0 Å². The fourth-order valence-electron chi connectivity index (χ4n) is 2.12. The molecule has 5 nitrogen and oxygen atoms in total. The van der Waals surface area contributed by atoms with Crippen LogP contribution in [0.5, 0.6) is 0 Å². The molecule has 5 heteroatoms. The lowest BCUT2D eigenvalue weighted by Gasteiger charge is -2.19.